The molecule has 336 valence electrons. The van der Waals surface area contributed by atoms with E-state index >= 15 is 0 Å². The van der Waals surface area contributed by atoms with Crippen molar-refractivity contribution in [3.05, 3.63) is 90.7 Å². The number of alkyl carbamates (subject to hydrolysis) is 2. The van der Waals surface area contributed by atoms with Crippen LogP contribution in [0.2, 0.25) is 0 Å². The molecule has 2 saturated heterocycles. The van der Waals surface area contributed by atoms with E-state index in [4.69, 9.17) is 14.2 Å². The fourth-order valence-electron chi connectivity index (χ4n) is 8.15. The molecule has 2 fully saturated rings. The summed E-state index contributed by atoms with van der Waals surface area (Å²) in [7, 11) is 2.51. The minimum Gasteiger partial charge on any atom is -0.453 e. The normalized spacial score (nSPS) is 17.0. The Balaban J connectivity index is 1.11. The molecular weight excluding hydrogens is 810 g/mol. The Morgan fingerprint density at radius 2 is 1.17 bits per heavy atom. The van der Waals surface area contributed by atoms with Crippen LogP contribution in [-0.2, 0) is 28.6 Å². The first-order valence-electron chi connectivity index (χ1n) is 21.4. The Hall–Kier alpha value is -6.42. The summed E-state index contributed by atoms with van der Waals surface area (Å²) in [4.78, 5) is 67.6. The Labute approximate surface area is 367 Å². The first-order chi connectivity index (χ1) is 30.3. The van der Waals surface area contributed by atoms with Crippen LogP contribution in [-0.4, -0.2) is 109 Å². The van der Waals surface area contributed by atoms with Gasteiger partial charge in [0.1, 0.15) is 30.7 Å². The summed E-state index contributed by atoms with van der Waals surface area (Å²) in [6.45, 7) is 8.99. The fraction of sp³-hybridized carbons (Fsp3) is 0.426. The number of carbonyl (C=O) groups excluding carboxylic acids is 5. The van der Waals surface area contributed by atoms with Crippen molar-refractivity contribution in [3.63, 3.8) is 0 Å². The first-order valence-corrected chi connectivity index (χ1v) is 21.4. The highest BCUT2D eigenvalue weighted by Gasteiger charge is 2.39. The molecule has 6 rings (SSSR count). The lowest BCUT2D eigenvalue weighted by molar-refractivity contribution is -0.139. The van der Waals surface area contributed by atoms with Gasteiger partial charge in [0.25, 0.3) is 0 Å². The number of nitrogens with zero attached hydrogens (tertiary/aromatic N) is 3. The lowest BCUT2D eigenvalue weighted by Crippen LogP contribution is -2.54. The van der Waals surface area contributed by atoms with E-state index in [1.807, 2.05) is 80.8 Å². The van der Waals surface area contributed by atoms with Crippen LogP contribution in [0.3, 0.4) is 0 Å². The number of carbonyl (C=O) groups is 5. The molecule has 63 heavy (non-hydrogen) atoms. The standard InChI is InChI=1S/C47H58FN7O8/c1-29(2)41(51-46(59)61-5)44(57)53-25-7-9-37(53)27-63-28-49-34-17-11-31(12-18-34)38-23-24-39(55(38)36-21-15-33(48)16-22-36)32-13-19-35(20-14-32)50-43(56)40-10-8-26-54(40)45(58)42(30(3)4)52-47(60)62-6/h11-24,29-30,37,40-42,49H,7-10,25-28H2,1-6H3,(H,50,56)(H,51,59)(H,52,60)/t37-,40-,41-,42-/m0/s1. The van der Waals surface area contributed by atoms with Crippen LogP contribution >= 0.6 is 0 Å². The number of likely N-dealkylation sites (tertiary alicyclic amines) is 2. The molecule has 0 aliphatic carbocycles. The molecule has 4 aromatic rings. The third kappa shape index (κ3) is 11.2. The molecule has 3 heterocycles. The number of amides is 5. The topological polar surface area (TPSA) is 173 Å². The van der Waals surface area contributed by atoms with Crippen LogP contribution in [0.25, 0.3) is 28.2 Å². The highest BCUT2D eigenvalue weighted by Crippen LogP contribution is 2.34. The van der Waals surface area contributed by atoms with Crippen LogP contribution < -0.4 is 21.3 Å². The van der Waals surface area contributed by atoms with E-state index in [-0.39, 0.29) is 48.1 Å². The molecule has 0 saturated carbocycles. The third-order valence-electron chi connectivity index (χ3n) is 11.6. The molecule has 0 unspecified atom stereocenters. The molecule has 4 atom stereocenters. The number of hydrogen-bond donors (Lipinski definition) is 4. The molecule has 0 bridgehead atoms. The zero-order chi connectivity index (χ0) is 45.2. The van der Waals surface area contributed by atoms with Crippen LogP contribution in [0.5, 0.6) is 0 Å². The summed E-state index contributed by atoms with van der Waals surface area (Å²) in [5.74, 6) is -1.46. The second-order valence-corrected chi connectivity index (χ2v) is 16.5. The largest absolute Gasteiger partial charge is 0.453 e. The molecule has 0 radical (unpaired) electrons. The second-order valence-electron chi connectivity index (χ2n) is 16.5. The number of hydrogen-bond acceptors (Lipinski definition) is 9. The maximum Gasteiger partial charge on any atom is 0.407 e. The van der Waals surface area contributed by atoms with Crippen molar-refractivity contribution in [1.29, 1.82) is 0 Å². The minimum absolute atomic E-state index is 0.104. The van der Waals surface area contributed by atoms with Crippen LogP contribution in [0.1, 0.15) is 53.4 Å². The van der Waals surface area contributed by atoms with E-state index in [1.165, 1.54) is 31.3 Å². The van der Waals surface area contributed by atoms with E-state index in [9.17, 15) is 28.4 Å². The Bertz CT molecular complexity index is 2210. The summed E-state index contributed by atoms with van der Waals surface area (Å²) in [5, 5.41) is 11.5. The molecular formula is C47H58FN7O8. The van der Waals surface area contributed by atoms with Gasteiger partial charge in [-0.1, -0.05) is 52.0 Å². The van der Waals surface area contributed by atoms with E-state index in [1.54, 1.807) is 29.2 Å². The maximum atomic E-state index is 14.1. The number of aromatic nitrogens is 1. The van der Waals surface area contributed by atoms with Gasteiger partial charge in [0.15, 0.2) is 0 Å². The molecule has 4 N–H and O–H groups in total. The molecule has 5 amide bonds. The number of rotatable bonds is 16. The first kappa shape index (κ1) is 46.1. The minimum atomic E-state index is -0.829. The molecule has 16 heteroatoms. The van der Waals surface area contributed by atoms with Gasteiger partial charge in [-0.15, -0.1) is 0 Å². The Morgan fingerprint density at radius 3 is 1.71 bits per heavy atom. The monoisotopic (exact) mass is 867 g/mol. The van der Waals surface area contributed by atoms with E-state index in [0.29, 0.717) is 38.2 Å². The number of nitrogens with one attached hydrogen (secondary N) is 4. The third-order valence-corrected chi connectivity index (χ3v) is 11.6. The lowest BCUT2D eigenvalue weighted by atomic mass is 10.0. The molecule has 15 nitrogen and oxygen atoms in total. The van der Waals surface area contributed by atoms with Gasteiger partial charge < -0.3 is 49.8 Å². The number of halogens is 1. The zero-order valence-corrected chi connectivity index (χ0v) is 36.7. The molecule has 1 aromatic heterocycles. The lowest BCUT2D eigenvalue weighted by Gasteiger charge is -2.30. The highest BCUT2D eigenvalue weighted by molar-refractivity contribution is 5.99. The van der Waals surface area contributed by atoms with Crippen molar-refractivity contribution < 1.29 is 42.6 Å². The SMILES string of the molecule is COC(=O)N[C@H](C(=O)N1CCC[C@H]1COCNc1ccc(-c2ccc(-c3ccc(NC(=O)[C@@H]4CCCN4C(=O)[C@@H](NC(=O)OC)C(C)C)cc3)n2-c2ccc(F)cc2)cc1)C(C)C. The maximum absolute atomic E-state index is 14.1. The number of anilines is 2. The highest BCUT2D eigenvalue weighted by atomic mass is 19.1. The van der Waals surface area contributed by atoms with Crippen LogP contribution in [0.15, 0.2) is 84.9 Å². The van der Waals surface area contributed by atoms with Gasteiger partial charge >= 0.3 is 12.2 Å². The van der Waals surface area contributed by atoms with Gasteiger partial charge in [0.2, 0.25) is 17.7 Å². The number of benzene rings is 3. The van der Waals surface area contributed by atoms with Gasteiger partial charge in [0, 0.05) is 30.2 Å². The van der Waals surface area contributed by atoms with Crippen molar-refractivity contribution in [2.75, 3.05) is 51.3 Å². The van der Waals surface area contributed by atoms with Gasteiger partial charge in [-0.05, 0) is 109 Å². The van der Waals surface area contributed by atoms with Crippen molar-refractivity contribution in [1.82, 2.24) is 25.0 Å². The molecule has 0 spiro atoms. The molecule has 3 aromatic carbocycles. The summed E-state index contributed by atoms with van der Waals surface area (Å²) >= 11 is 0. The van der Waals surface area contributed by atoms with E-state index in [2.05, 4.69) is 21.3 Å². The van der Waals surface area contributed by atoms with E-state index in [0.717, 1.165) is 46.7 Å². The van der Waals surface area contributed by atoms with Crippen molar-refractivity contribution in [2.24, 2.45) is 11.8 Å². The average molecular weight is 868 g/mol. The van der Waals surface area contributed by atoms with Gasteiger partial charge in [-0.2, -0.15) is 0 Å². The van der Waals surface area contributed by atoms with Gasteiger partial charge in [-0.3, -0.25) is 14.4 Å². The molecule has 2 aliphatic heterocycles. The predicted octanol–water partition coefficient (Wildman–Crippen LogP) is 7.02. The van der Waals surface area contributed by atoms with Gasteiger partial charge in [0.05, 0.1) is 38.3 Å². The number of ether oxygens (including phenoxy) is 3. The Morgan fingerprint density at radius 1 is 0.667 bits per heavy atom. The summed E-state index contributed by atoms with van der Waals surface area (Å²) in [6, 6.07) is 23.3. The van der Waals surface area contributed by atoms with Crippen LogP contribution in [0.4, 0.5) is 25.4 Å². The van der Waals surface area contributed by atoms with E-state index < -0.39 is 30.3 Å². The predicted molar refractivity (Wildman–Crippen MR) is 237 cm³/mol. The summed E-state index contributed by atoms with van der Waals surface area (Å²) < 4.78 is 31.6. The van der Waals surface area contributed by atoms with Crippen molar-refractivity contribution in [3.8, 4) is 28.2 Å². The van der Waals surface area contributed by atoms with Crippen molar-refractivity contribution in [2.45, 2.75) is 77.5 Å². The smallest absolute Gasteiger partial charge is 0.407 e. The summed E-state index contributed by atoms with van der Waals surface area (Å²) in [5.41, 5.74) is 5.64. The average Bonchev–Trinajstić information content (AvgIpc) is 4.07. The van der Waals surface area contributed by atoms with Crippen molar-refractivity contribution >= 4 is 41.3 Å². The molecule has 2 aliphatic rings. The fourth-order valence-corrected chi connectivity index (χ4v) is 8.15. The van der Waals surface area contributed by atoms with Gasteiger partial charge in [-0.25, -0.2) is 14.0 Å². The number of methoxy groups -OCH3 is 2. The Kier molecular flexibility index (Phi) is 15.4. The quantitative estimate of drug-likeness (QED) is 0.0683. The second kappa shape index (κ2) is 21.1. The zero-order valence-electron chi connectivity index (χ0n) is 36.7. The van der Waals surface area contributed by atoms with Crippen LogP contribution in [0, 0.1) is 17.7 Å². The summed E-state index contributed by atoms with van der Waals surface area (Å²) in [6.07, 6.45) is 1.47.